The van der Waals surface area contributed by atoms with Gasteiger partial charge in [0.15, 0.2) is 11.2 Å². The number of fused-ring (bicyclic) bond motifs is 3. The molecule has 35 heavy (non-hydrogen) atoms. The molecule has 6 heteroatoms. The number of nitrogens with zero attached hydrogens (tertiary/aromatic N) is 3. The highest BCUT2D eigenvalue weighted by molar-refractivity contribution is 6.30. The number of halogens is 1. The van der Waals surface area contributed by atoms with Gasteiger partial charge in [-0.1, -0.05) is 71.8 Å². The fourth-order valence-corrected chi connectivity index (χ4v) is 5.60. The second-order valence-corrected chi connectivity index (χ2v) is 9.34. The first-order valence-corrected chi connectivity index (χ1v) is 11.7. The van der Waals surface area contributed by atoms with Crippen molar-refractivity contribution in [2.45, 2.75) is 24.9 Å². The molecule has 3 aromatic rings. The number of hydrogen-bond donors (Lipinski definition) is 0. The fraction of sp³-hybridized carbons (Fsp3) is 0.207. The summed E-state index contributed by atoms with van der Waals surface area (Å²) in [6, 6.07) is 23.3. The van der Waals surface area contributed by atoms with Crippen molar-refractivity contribution in [1.82, 2.24) is 0 Å². The Morgan fingerprint density at radius 2 is 1.77 bits per heavy atom. The number of aryl methyl sites for hydroxylation is 1. The van der Waals surface area contributed by atoms with Crippen molar-refractivity contribution in [1.29, 1.82) is 10.5 Å². The number of ketones is 1. The minimum Gasteiger partial charge on any atom is -0.496 e. The summed E-state index contributed by atoms with van der Waals surface area (Å²) >= 11 is 6.26. The number of benzene rings is 3. The molecule has 5 rings (SSSR count). The van der Waals surface area contributed by atoms with Crippen molar-refractivity contribution in [3.05, 3.63) is 100 Å². The molecule has 0 aliphatic carbocycles. The summed E-state index contributed by atoms with van der Waals surface area (Å²) in [6.07, 6.45) is 3.72. The Labute approximate surface area is 209 Å². The minimum atomic E-state index is -1.53. The largest absolute Gasteiger partial charge is 0.496 e. The first kappa shape index (κ1) is 22.7. The Kier molecular flexibility index (Phi) is 5.59. The van der Waals surface area contributed by atoms with Crippen molar-refractivity contribution in [2.75, 3.05) is 12.0 Å². The van der Waals surface area contributed by atoms with E-state index in [0.29, 0.717) is 21.9 Å². The van der Waals surface area contributed by atoms with Gasteiger partial charge in [0.25, 0.3) is 0 Å². The van der Waals surface area contributed by atoms with E-state index in [1.54, 1.807) is 31.4 Å². The lowest BCUT2D eigenvalue weighted by Crippen LogP contribution is -2.44. The van der Waals surface area contributed by atoms with E-state index in [1.807, 2.05) is 66.4 Å². The molecule has 0 amide bonds. The van der Waals surface area contributed by atoms with Gasteiger partial charge in [0.1, 0.15) is 11.8 Å². The molecule has 0 saturated carbocycles. The van der Waals surface area contributed by atoms with E-state index in [4.69, 9.17) is 16.3 Å². The van der Waals surface area contributed by atoms with Gasteiger partial charge >= 0.3 is 0 Å². The highest BCUT2D eigenvalue weighted by Gasteiger charge is 2.63. The van der Waals surface area contributed by atoms with Crippen LogP contribution in [0.15, 0.2) is 72.8 Å². The lowest BCUT2D eigenvalue weighted by Gasteiger charge is -2.35. The fourth-order valence-electron chi connectivity index (χ4n) is 5.42. The van der Waals surface area contributed by atoms with E-state index < -0.39 is 23.4 Å². The number of anilines is 1. The number of hydrogen-bond acceptors (Lipinski definition) is 5. The van der Waals surface area contributed by atoms with Crippen LogP contribution in [0.2, 0.25) is 5.02 Å². The van der Waals surface area contributed by atoms with E-state index in [-0.39, 0.29) is 5.78 Å². The van der Waals surface area contributed by atoms with Crippen LogP contribution in [0.4, 0.5) is 5.69 Å². The van der Waals surface area contributed by atoms with E-state index in [1.165, 1.54) is 0 Å². The maximum atomic E-state index is 14.2. The summed E-state index contributed by atoms with van der Waals surface area (Å²) in [5.41, 5.74) is 2.28. The number of rotatable bonds is 4. The molecule has 2 aliphatic rings. The maximum absolute atomic E-state index is 14.2. The van der Waals surface area contributed by atoms with Gasteiger partial charge in [-0.05, 0) is 36.8 Å². The monoisotopic (exact) mass is 479 g/mol. The molecule has 3 aromatic carbocycles. The topological polar surface area (TPSA) is 77.1 Å². The molecule has 1 saturated heterocycles. The Hall–Kier alpha value is -4.06. The molecule has 172 valence electrons. The van der Waals surface area contributed by atoms with Gasteiger partial charge in [0.2, 0.25) is 0 Å². The summed E-state index contributed by atoms with van der Waals surface area (Å²) in [6.45, 7) is 1.96. The molecule has 0 aromatic heterocycles. The van der Waals surface area contributed by atoms with Crippen LogP contribution >= 0.6 is 11.6 Å². The molecular formula is C29H22ClN3O2. The number of carbonyl (C=O) groups excluding carboxylic acids is 1. The van der Waals surface area contributed by atoms with Crippen LogP contribution < -0.4 is 9.64 Å². The lowest BCUT2D eigenvalue weighted by molar-refractivity contribution is 0.0950. The Morgan fingerprint density at radius 3 is 2.46 bits per heavy atom. The number of methoxy groups -OCH3 is 1. The average molecular weight is 480 g/mol. The van der Waals surface area contributed by atoms with Crippen molar-refractivity contribution in [2.24, 2.45) is 5.41 Å². The predicted octanol–water partition coefficient (Wildman–Crippen LogP) is 5.94. The summed E-state index contributed by atoms with van der Waals surface area (Å²) in [4.78, 5) is 16.2. The number of Topliss-reactive ketones (excluding diaryl/α,β-unsaturated/α-hetero) is 1. The van der Waals surface area contributed by atoms with E-state index >= 15 is 0 Å². The molecular weight excluding hydrogens is 458 g/mol. The molecule has 0 bridgehead atoms. The summed E-state index contributed by atoms with van der Waals surface area (Å²) in [5.74, 6) is -0.387. The smallest absolute Gasteiger partial charge is 0.185 e. The van der Waals surface area contributed by atoms with Crippen molar-refractivity contribution < 1.29 is 9.53 Å². The highest BCUT2D eigenvalue weighted by Crippen LogP contribution is 2.57. The second kappa shape index (κ2) is 8.62. The van der Waals surface area contributed by atoms with Crippen LogP contribution in [-0.4, -0.2) is 25.0 Å². The van der Waals surface area contributed by atoms with Crippen LogP contribution in [0.25, 0.3) is 6.08 Å². The normalized spacial score (nSPS) is 21.4. The zero-order valence-electron chi connectivity index (χ0n) is 19.3. The SMILES string of the molecule is COc1ccccc1[C@H]1[C@H](C(=O)c2ccc(C)cc2)N2c3ccc(Cl)cc3C=C[C@H]2C1(C#N)C#N. The summed E-state index contributed by atoms with van der Waals surface area (Å²) in [7, 11) is 1.55. The van der Waals surface area contributed by atoms with E-state index in [0.717, 1.165) is 16.8 Å². The first-order chi connectivity index (χ1) is 16.9. The number of ether oxygens (including phenoxy) is 1. The molecule has 0 radical (unpaired) electrons. The summed E-state index contributed by atoms with van der Waals surface area (Å²) < 4.78 is 5.64. The van der Waals surface area contributed by atoms with Crippen LogP contribution in [0, 0.1) is 35.0 Å². The molecule has 1 fully saturated rings. The standard InChI is InChI=1S/C29H22ClN3O2/c1-18-7-9-19(10-8-18)28(34)27-26(22-5-3-4-6-24(22)35-2)29(16-31,17-32)25-14-11-20-15-21(30)12-13-23(20)33(25)27/h3-15,25-27H,1-2H3/t25-,26-,27+/m0/s1. The molecule has 3 atom stereocenters. The van der Waals surface area contributed by atoms with Gasteiger partial charge in [0, 0.05) is 27.8 Å². The predicted molar refractivity (Wildman–Crippen MR) is 135 cm³/mol. The molecule has 0 spiro atoms. The minimum absolute atomic E-state index is 0.158. The van der Waals surface area contributed by atoms with Crippen LogP contribution in [0.3, 0.4) is 0 Å². The zero-order chi connectivity index (χ0) is 24.7. The van der Waals surface area contributed by atoms with Crippen molar-refractivity contribution in [3.8, 4) is 17.9 Å². The third kappa shape index (κ3) is 3.40. The Morgan fingerprint density at radius 1 is 1.06 bits per heavy atom. The van der Waals surface area contributed by atoms with Gasteiger partial charge in [-0.3, -0.25) is 4.79 Å². The number of nitriles is 2. The van der Waals surface area contributed by atoms with Crippen molar-refractivity contribution >= 4 is 29.1 Å². The maximum Gasteiger partial charge on any atom is 0.185 e. The summed E-state index contributed by atoms with van der Waals surface area (Å²) in [5, 5.41) is 21.7. The number of carbonyl (C=O) groups is 1. The zero-order valence-corrected chi connectivity index (χ0v) is 20.0. The molecule has 2 aliphatic heterocycles. The van der Waals surface area contributed by atoms with E-state index in [9.17, 15) is 15.3 Å². The first-order valence-electron chi connectivity index (χ1n) is 11.3. The van der Waals surface area contributed by atoms with Gasteiger partial charge in [0.05, 0.1) is 25.3 Å². The van der Waals surface area contributed by atoms with Crippen LogP contribution in [0.5, 0.6) is 5.75 Å². The quantitative estimate of drug-likeness (QED) is 0.433. The van der Waals surface area contributed by atoms with Gasteiger partial charge in [-0.25, -0.2) is 0 Å². The number of para-hydroxylation sites is 1. The van der Waals surface area contributed by atoms with Crippen LogP contribution in [-0.2, 0) is 0 Å². The Bertz CT molecular complexity index is 1420. The van der Waals surface area contributed by atoms with E-state index in [2.05, 4.69) is 12.1 Å². The van der Waals surface area contributed by atoms with Gasteiger partial charge in [-0.2, -0.15) is 10.5 Å². The average Bonchev–Trinajstić information content (AvgIpc) is 3.19. The van der Waals surface area contributed by atoms with Gasteiger partial charge < -0.3 is 9.64 Å². The second-order valence-electron chi connectivity index (χ2n) is 8.90. The molecule has 2 heterocycles. The third-order valence-electron chi connectivity index (χ3n) is 7.05. The Balaban J connectivity index is 1.81. The highest BCUT2D eigenvalue weighted by atomic mass is 35.5. The molecule has 5 nitrogen and oxygen atoms in total. The third-order valence-corrected chi connectivity index (χ3v) is 7.28. The van der Waals surface area contributed by atoms with Gasteiger partial charge in [-0.15, -0.1) is 0 Å². The lowest BCUT2D eigenvalue weighted by atomic mass is 9.69. The molecule has 0 unspecified atom stereocenters. The molecule has 0 N–H and O–H groups in total. The van der Waals surface area contributed by atoms with Crippen molar-refractivity contribution in [3.63, 3.8) is 0 Å². The van der Waals surface area contributed by atoms with Crippen LogP contribution in [0.1, 0.15) is 33.0 Å².